The van der Waals surface area contributed by atoms with E-state index in [-0.39, 0.29) is 0 Å². The zero-order chi connectivity index (χ0) is 16.2. The number of urea groups is 1. The van der Waals surface area contributed by atoms with Gasteiger partial charge in [-0.3, -0.25) is 0 Å². The maximum Gasteiger partial charge on any atom is 0.321 e. The largest absolute Gasteiger partial charge is 0.324 e. The number of rotatable bonds is 5. The van der Waals surface area contributed by atoms with Crippen LogP contribution in [0.1, 0.15) is 26.6 Å². The number of amides is 2. The summed E-state index contributed by atoms with van der Waals surface area (Å²) in [5.41, 5.74) is 0.475. The van der Waals surface area contributed by atoms with Gasteiger partial charge in [-0.25, -0.2) is 23.2 Å². The summed E-state index contributed by atoms with van der Waals surface area (Å²) in [6.45, 7) is 5.22. The van der Waals surface area contributed by atoms with E-state index < -0.39 is 27.2 Å². The van der Waals surface area contributed by atoms with Crippen molar-refractivity contribution in [3.8, 4) is 0 Å². The number of carbonyl (C=O) groups is 1. The summed E-state index contributed by atoms with van der Waals surface area (Å²) < 4.78 is 23.1. The van der Waals surface area contributed by atoms with E-state index in [9.17, 15) is 13.2 Å². The summed E-state index contributed by atoms with van der Waals surface area (Å²) >= 11 is 0. The molecule has 2 atom stereocenters. The van der Waals surface area contributed by atoms with Crippen LogP contribution in [0, 0.1) is 0 Å². The molecule has 0 spiro atoms. The van der Waals surface area contributed by atoms with Crippen molar-refractivity contribution >= 4 is 21.6 Å². The van der Waals surface area contributed by atoms with Gasteiger partial charge in [0.05, 0.1) is 23.3 Å². The molecule has 1 heterocycles. The molecule has 0 fully saturated rings. The number of nitrogens with one attached hydrogen (secondary N) is 1. The number of sulfone groups is 1. The predicted octanol–water partition coefficient (Wildman–Crippen LogP) is 1.32. The summed E-state index contributed by atoms with van der Waals surface area (Å²) in [6.07, 6.45) is 4.94. The summed E-state index contributed by atoms with van der Waals surface area (Å²) in [7, 11) is -1.65. The van der Waals surface area contributed by atoms with Crippen LogP contribution in [-0.4, -0.2) is 53.9 Å². The molecule has 1 aromatic heterocycles. The normalized spacial score (nSPS) is 14.3. The third-order valence-corrected chi connectivity index (χ3v) is 5.30. The quantitative estimate of drug-likeness (QED) is 0.885. The molecule has 0 unspecified atom stereocenters. The lowest BCUT2D eigenvalue weighted by Gasteiger charge is -2.28. The van der Waals surface area contributed by atoms with Crippen LogP contribution in [0.3, 0.4) is 0 Å². The van der Waals surface area contributed by atoms with E-state index in [0.29, 0.717) is 11.5 Å². The Labute approximate surface area is 125 Å². The molecule has 1 aromatic rings. The van der Waals surface area contributed by atoms with E-state index in [1.165, 1.54) is 17.3 Å². The summed E-state index contributed by atoms with van der Waals surface area (Å²) in [5.74, 6) is 0.695. The van der Waals surface area contributed by atoms with Crippen LogP contribution in [0.5, 0.6) is 0 Å². The van der Waals surface area contributed by atoms with Crippen molar-refractivity contribution in [2.75, 3.05) is 18.6 Å². The van der Waals surface area contributed by atoms with Gasteiger partial charge in [-0.1, -0.05) is 6.92 Å². The third-order valence-electron chi connectivity index (χ3n) is 3.56. The van der Waals surface area contributed by atoms with Gasteiger partial charge < -0.3 is 10.2 Å². The molecule has 2 amide bonds. The summed E-state index contributed by atoms with van der Waals surface area (Å²) in [6, 6.07) is -0.846. The fourth-order valence-corrected chi connectivity index (χ4v) is 2.57. The Bertz CT molecular complexity index is 586. The van der Waals surface area contributed by atoms with E-state index >= 15 is 0 Å². The van der Waals surface area contributed by atoms with Crippen LogP contribution >= 0.6 is 0 Å². The molecule has 0 aromatic carbocycles. The highest BCUT2D eigenvalue weighted by atomic mass is 32.2. The highest BCUT2D eigenvalue weighted by Crippen LogP contribution is 2.12. The Morgan fingerprint density at radius 2 is 1.86 bits per heavy atom. The van der Waals surface area contributed by atoms with Crippen LogP contribution in [0.25, 0.3) is 0 Å². The Balaban J connectivity index is 2.73. The first kappa shape index (κ1) is 17.4. The van der Waals surface area contributed by atoms with Gasteiger partial charge in [0, 0.05) is 25.8 Å². The predicted molar refractivity (Wildman–Crippen MR) is 82.0 cm³/mol. The van der Waals surface area contributed by atoms with Crippen molar-refractivity contribution in [3.63, 3.8) is 0 Å². The maximum absolute atomic E-state index is 12.1. The molecule has 0 aliphatic rings. The Hall–Kier alpha value is -1.70. The average Bonchev–Trinajstić information content (AvgIpc) is 2.44. The van der Waals surface area contributed by atoms with Crippen molar-refractivity contribution in [1.82, 2.24) is 14.9 Å². The Morgan fingerprint density at radius 3 is 2.29 bits per heavy atom. The highest BCUT2D eigenvalue weighted by Gasteiger charge is 2.28. The van der Waals surface area contributed by atoms with Crippen LogP contribution < -0.4 is 5.32 Å². The molecule has 7 nitrogen and oxygen atoms in total. The van der Waals surface area contributed by atoms with Crippen molar-refractivity contribution in [2.45, 2.75) is 38.5 Å². The lowest BCUT2D eigenvalue weighted by atomic mass is 10.2. The van der Waals surface area contributed by atoms with Gasteiger partial charge in [0.2, 0.25) is 0 Å². The molecule has 1 rings (SSSR count). The molecule has 1 N–H and O–H groups in total. The van der Waals surface area contributed by atoms with Crippen molar-refractivity contribution in [1.29, 1.82) is 0 Å². The van der Waals surface area contributed by atoms with E-state index in [2.05, 4.69) is 15.3 Å². The summed E-state index contributed by atoms with van der Waals surface area (Å²) in [4.78, 5) is 21.6. The van der Waals surface area contributed by atoms with Crippen LogP contribution in [0.15, 0.2) is 12.4 Å². The maximum atomic E-state index is 12.1. The van der Waals surface area contributed by atoms with Gasteiger partial charge in [0.15, 0.2) is 9.84 Å². The lowest BCUT2D eigenvalue weighted by Crippen LogP contribution is -2.46. The number of hydrogen-bond donors (Lipinski definition) is 1. The number of carbonyl (C=O) groups excluding carboxylic acids is 1. The lowest BCUT2D eigenvalue weighted by molar-refractivity contribution is 0.207. The minimum absolute atomic E-state index is 0.397. The van der Waals surface area contributed by atoms with Crippen LogP contribution in [0.4, 0.5) is 10.5 Å². The fourth-order valence-electron chi connectivity index (χ4n) is 1.67. The first-order valence-corrected chi connectivity index (χ1v) is 8.65. The molecule has 0 aliphatic heterocycles. The molecule has 8 heteroatoms. The highest BCUT2D eigenvalue weighted by molar-refractivity contribution is 7.91. The third kappa shape index (κ3) is 4.66. The van der Waals surface area contributed by atoms with Gasteiger partial charge >= 0.3 is 6.03 Å². The van der Waals surface area contributed by atoms with Crippen molar-refractivity contribution in [3.05, 3.63) is 18.2 Å². The van der Waals surface area contributed by atoms with Gasteiger partial charge in [0.25, 0.3) is 0 Å². The second-order valence-electron chi connectivity index (χ2n) is 5.06. The van der Waals surface area contributed by atoms with E-state index in [4.69, 9.17) is 0 Å². The smallest absolute Gasteiger partial charge is 0.321 e. The first-order valence-electron chi connectivity index (χ1n) is 6.70. The minimum Gasteiger partial charge on any atom is -0.324 e. The second-order valence-corrected chi connectivity index (χ2v) is 7.46. The number of anilines is 1. The monoisotopic (exact) mass is 314 g/mol. The molecular weight excluding hydrogens is 292 g/mol. The molecule has 118 valence electrons. The Kier molecular flexibility index (Phi) is 5.65. The molecule has 0 bridgehead atoms. The summed E-state index contributed by atoms with van der Waals surface area (Å²) in [5, 5.41) is 2.00. The number of aryl methyl sites for hydroxylation is 1. The zero-order valence-corrected chi connectivity index (χ0v) is 13.8. The van der Waals surface area contributed by atoms with Gasteiger partial charge in [0.1, 0.15) is 5.82 Å². The molecule has 0 aliphatic carbocycles. The average molecular weight is 314 g/mol. The molecular formula is C13H22N4O3S. The van der Waals surface area contributed by atoms with Gasteiger partial charge in [-0.2, -0.15) is 0 Å². The standard InChI is InChI=1S/C13H22N4O3S/c1-6-12-14-7-11(8-15-12)16-13(18)17(4)9(2)10(3)21(5,19)20/h7-10H,6H2,1-5H3,(H,16,18)/t9-,10-/m0/s1. The zero-order valence-electron chi connectivity index (χ0n) is 13.0. The first-order chi connectivity index (χ1) is 9.66. The van der Waals surface area contributed by atoms with Crippen molar-refractivity contribution in [2.24, 2.45) is 0 Å². The second kappa shape index (κ2) is 6.84. The van der Waals surface area contributed by atoms with E-state index in [1.54, 1.807) is 20.9 Å². The van der Waals surface area contributed by atoms with E-state index in [1.807, 2.05) is 6.92 Å². The Morgan fingerprint density at radius 1 is 1.33 bits per heavy atom. The van der Waals surface area contributed by atoms with Crippen LogP contribution in [0.2, 0.25) is 0 Å². The van der Waals surface area contributed by atoms with Crippen LogP contribution in [-0.2, 0) is 16.3 Å². The fraction of sp³-hybridized carbons (Fsp3) is 0.615. The van der Waals surface area contributed by atoms with Gasteiger partial charge in [-0.05, 0) is 13.8 Å². The molecule has 21 heavy (non-hydrogen) atoms. The minimum atomic E-state index is -3.21. The molecule has 0 radical (unpaired) electrons. The van der Waals surface area contributed by atoms with E-state index in [0.717, 1.165) is 12.7 Å². The molecule has 0 saturated heterocycles. The SMILES string of the molecule is CCc1ncc(NC(=O)N(C)[C@@H](C)[C@H](C)S(C)(=O)=O)cn1. The van der Waals surface area contributed by atoms with Gasteiger partial charge in [-0.15, -0.1) is 0 Å². The number of hydrogen-bond acceptors (Lipinski definition) is 5. The number of nitrogens with zero attached hydrogens (tertiary/aromatic N) is 3. The number of aromatic nitrogens is 2. The van der Waals surface area contributed by atoms with Crippen molar-refractivity contribution < 1.29 is 13.2 Å². The molecule has 0 saturated carbocycles. The topological polar surface area (TPSA) is 92.3 Å².